The van der Waals surface area contributed by atoms with Crippen LogP contribution in [0.25, 0.3) is 112 Å². The number of para-hydroxylation sites is 2. The highest BCUT2D eigenvalue weighted by Gasteiger charge is 2.24. The lowest BCUT2D eigenvalue weighted by molar-refractivity contribution is 0.953. The van der Waals surface area contributed by atoms with Crippen molar-refractivity contribution in [2.75, 3.05) is 0 Å². The molecule has 290 valence electrons. The first-order valence-electron chi connectivity index (χ1n) is 28.9. The van der Waals surface area contributed by atoms with E-state index in [-0.39, 0.29) is 11.9 Å². The van der Waals surface area contributed by atoms with E-state index in [1.165, 1.54) is 0 Å². The molecule has 0 aliphatic heterocycles. The molecule has 4 aromatic heterocycles. The van der Waals surface area contributed by atoms with Crippen LogP contribution < -0.4 is 0 Å². The SMILES string of the molecule is [2H]c1c([2H])c([2H])c(-c2nc(-c3c([2H])c([2H])c([2H])c([2H])c3[2H])nc(-n3c4ccccc4c4c(-c5cccc6c5c5ccccc5n6-c5nc(-c6c([2H])c([2H])c([2H])c([2H])c6[2H])nc(-c6c([2H])c([2H])c([2H])c([2H])c6[2H])n5)cccc43)n2)c([2H])c1[2H]. The quantitative estimate of drug-likeness (QED) is 0.159. The number of fused-ring (bicyclic) bond motifs is 6. The first kappa shape index (κ1) is 20.6. The van der Waals surface area contributed by atoms with E-state index >= 15 is 0 Å². The lowest BCUT2D eigenvalue weighted by Crippen LogP contribution is -2.06. The van der Waals surface area contributed by atoms with Gasteiger partial charge in [0, 0.05) is 43.8 Å². The summed E-state index contributed by atoms with van der Waals surface area (Å²) in [5.41, 5.74) is 1.37. The molecule has 8 heteroatoms. The summed E-state index contributed by atoms with van der Waals surface area (Å²) in [5.74, 6) is -2.23. The molecule has 0 N–H and O–H groups in total. The number of aromatic nitrogens is 8. The van der Waals surface area contributed by atoms with Gasteiger partial charge in [0.2, 0.25) is 11.9 Å². The molecule has 0 amide bonds. The highest BCUT2D eigenvalue weighted by atomic mass is 15.2. The molecule has 0 saturated carbocycles. The molecule has 0 aliphatic rings. The first-order valence-corrected chi connectivity index (χ1v) is 18.9. The second-order valence-electron chi connectivity index (χ2n) is 13.7. The minimum atomic E-state index is -0.696. The Balaban J connectivity index is 1.15. The van der Waals surface area contributed by atoms with Gasteiger partial charge < -0.3 is 0 Å². The number of benzene rings is 8. The first-order chi connectivity index (χ1) is 39.0. The third-order valence-corrected chi connectivity index (χ3v) is 10.2. The Bertz CT molecular complexity index is 4260. The molecule has 12 aromatic rings. The van der Waals surface area contributed by atoms with Crippen LogP contribution in [0, 0.1) is 0 Å². The zero-order valence-corrected chi connectivity index (χ0v) is 31.7. The van der Waals surface area contributed by atoms with Crippen LogP contribution in [0.5, 0.6) is 0 Å². The van der Waals surface area contributed by atoms with Crippen molar-refractivity contribution in [1.82, 2.24) is 39.0 Å². The summed E-state index contributed by atoms with van der Waals surface area (Å²) < 4.78 is 176. The summed E-state index contributed by atoms with van der Waals surface area (Å²) >= 11 is 0. The number of hydrogen-bond donors (Lipinski definition) is 0. The summed E-state index contributed by atoms with van der Waals surface area (Å²) in [6.07, 6.45) is 0. The van der Waals surface area contributed by atoms with E-state index in [0.717, 1.165) is 0 Å². The van der Waals surface area contributed by atoms with Gasteiger partial charge in [0.1, 0.15) is 0 Å². The zero-order valence-electron chi connectivity index (χ0n) is 51.7. The maximum atomic E-state index is 8.90. The van der Waals surface area contributed by atoms with Gasteiger partial charge in [-0.25, -0.2) is 9.97 Å². The minimum Gasteiger partial charge on any atom is -0.278 e. The van der Waals surface area contributed by atoms with Crippen LogP contribution in [0.15, 0.2) is 206 Å². The summed E-state index contributed by atoms with van der Waals surface area (Å²) in [7, 11) is 0. The molecule has 62 heavy (non-hydrogen) atoms. The van der Waals surface area contributed by atoms with Gasteiger partial charge >= 0.3 is 0 Å². The molecule has 0 spiro atoms. The molecule has 0 saturated heterocycles. The molecule has 4 heterocycles. The maximum absolute atomic E-state index is 8.90. The van der Waals surface area contributed by atoms with Crippen molar-refractivity contribution in [3.63, 3.8) is 0 Å². The second kappa shape index (κ2) is 14.6. The monoisotopic (exact) mass is 814 g/mol. The van der Waals surface area contributed by atoms with Crippen molar-refractivity contribution in [2.24, 2.45) is 0 Å². The predicted octanol–water partition coefficient (Wildman–Crippen LogP) is 12.6. The fourth-order valence-electron chi connectivity index (χ4n) is 7.74. The molecular weight excluding hydrogens is 761 g/mol. The second-order valence-corrected chi connectivity index (χ2v) is 13.7. The van der Waals surface area contributed by atoms with Gasteiger partial charge in [-0.05, 0) is 35.4 Å². The lowest BCUT2D eigenvalue weighted by atomic mass is 9.95. The Hall–Kier alpha value is -8.62. The Morgan fingerprint density at radius 1 is 0.306 bits per heavy atom. The van der Waals surface area contributed by atoms with E-state index in [9.17, 15) is 0 Å². The molecular formula is C54H34N8. The van der Waals surface area contributed by atoms with E-state index in [2.05, 4.69) is 9.97 Å². The topological polar surface area (TPSA) is 87.2 Å². The van der Waals surface area contributed by atoms with Gasteiger partial charge in [-0.1, -0.05) is 182 Å². The summed E-state index contributed by atoms with van der Waals surface area (Å²) in [6, 6.07) is 11.5. The molecule has 8 nitrogen and oxygen atoms in total. The molecule has 0 bridgehead atoms. The Kier molecular flexibility index (Phi) is 4.84. The average molecular weight is 815 g/mol. The maximum Gasteiger partial charge on any atom is 0.238 e. The predicted molar refractivity (Wildman–Crippen MR) is 249 cm³/mol. The Morgan fingerprint density at radius 2 is 0.613 bits per heavy atom. The summed E-state index contributed by atoms with van der Waals surface area (Å²) in [5, 5.41) is 2.49. The zero-order chi connectivity index (χ0) is 58.4. The van der Waals surface area contributed by atoms with Crippen molar-refractivity contribution >= 4 is 43.6 Å². The van der Waals surface area contributed by atoms with Crippen LogP contribution in [-0.2, 0) is 0 Å². The molecule has 0 unspecified atom stereocenters. The van der Waals surface area contributed by atoms with Crippen molar-refractivity contribution in [3.05, 3.63) is 206 Å². The van der Waals surface area contributed by atoms with Crippen LogP contribution in [0.1, 0.15) is 27.4 Å². The largest absolute Gasteiger partial charge is 0.278 e. The smallest absolute Gasteiger partial charge is 0.238 e. The third-order valence-electron chi connectivity index (χ3n) is 10.2. The fraction of sp³-hybridized carbons (Fsp3) is 0. The lowest BCUT2D eigenvalue weighted by Gasteiger charge is -2.12. The minimum absolute atomic E-state index is 0.212. The average Bonchev–Trinajstić information content (AvgIpc) is 3.98. The van der Waals surface area contributed by atoms with Crippen molar-refractivity contribution < 1.29 is 27.4 Å². The van der Waals surface area contributed by atoms with Gasteiger partial charge in [0.15, 0.2) is 23.3 Å². The van der Waals surface area contributed by atoms with Crippen LogP contribution in [-0.4, -0.2) is 39.0 Å². The molecule has 12 rings (SSSR count). The van der Waals surface area contributed by atoms with Crippen molar-refractivity contribution in [3.8, 4) is 68.6 Å². The van der Waals surface area contributed by atoms with E-state index in [1.54, 1.807) is 69.8 Å². The molecule has 8 aromatic carbocycles. The van der Waals surface area contributed by atoms with Crippen molar-refractivity contribution in [1.29, 1.82) is 0 Å². The van der Waals surface area contributed by atoms with Crippen LogP contribution in [0.2, 0.25) is 0 Å². The number of nitrogens with zero attached hydrogens (tertiary/aromatic N) is 8. The van der Waals surface area contributed by atoms with Crippen LogP contribution in [0.3, 0.4) is 0 Å². The highest BCUT2D eigenvalue weighted by molar-refractivity contribution is 6.22. The molecule has 0 aliphatic carbocycles. The van der Waals surface area contributed by atoms with Gasteiger partial charge in [-0.3, -0.25) is 9.13 Å². The molecule has 0 fully saturated rings. The van der Waals surface area contributed by atoms with Crippen LogP contribution >= 0.6 is 0 Å². The van der Waals surface area contributed by atoms with E-state index in [0.29, 0.717) is 54.7 Å². The summed E-state index contributed by atoms with van der Waals surface area (Å²) in [6.45, 7) is 0. The number of hydrogen-bond acceptors (Lipinski definition) is 6. The van der Waals surface area contributed by atoms with E-state index < -0.39 is 166 Å². The molecule has 0 atom stereocenters. The third kappa shape index (κ3) is 5.84. The van der Waals surface area contributed by atoms with Gasteiger partial charge in [-0.2, -0.15) is 19.9 Å². The van der Waals surface area contributed by atoms with Gasteiger partial charge in [0.25, 0.3) is 0 Å². The van der Waals surface area contributed by atoms with Crippen molar-refractivity contribution in [2.45, 2.75) is 0 Å². The van der Waals surface area contributed by atoms with Crippen LogP contribution in [0.4, 0.5) is 0 Å². The number of rotatable bonds is 7. The fourth-order valence-corrected chi connectivity index (χ4v) is 7.74. The molecule has 0 radical (unpaired) electrons. The Morgan fingerprint density at radius 3 is 0.952 bits per heavy atom. The normalized spacial score (nSPS) is 16.1. The van der Waals surface area contributed by atoms with Gasteiger partial charge in [-0.15, -0.1) is 0 Å². The summed E-state index contributed by atoms with van der Waals surface area (Å²) in [4.78, 5) is 28.0. The van der Waals surface area contributed by atoms with E-state index in [1.807, 2.05) is 24.3 Å². The van der Waals surface area contributed by atoms with E-state index in [4.69, 9.17) is 47.4 Å². The van der Waals surface area contributed by atoms with Gasteiger partial charge in [0.05, 0.1) is 49.5 Å². The highest BCUT2D eigenvalue weighted by Crippen LogP contribution is 2.44. The Labute approximate surface area is 384 Å². The standard InChI is InChI=1S/C54H34N8/c1-5-19-35(20-6-1)49-55-50(36-21-7-2-8-22-36)58-53(57-49)61-43-31-15-13-27-41(43)47-39(29-17-33-45(47)61)40-30-18-34-46-48(40)42-28-14-16-32-44(42)62(46)54-59-51(37-23-9-3-10-24-37)56-52(60-54)38-25-11-4-12-26-38/h1-34H/i1D,2D,3D,4D,5D,6D,7D,8D,9D,10D,11D,12D,19D,20D,21D,22D,23D,24D,25D,26D.